The topological polar surface area (TPSA) is 120 Å². The third-order valence-electron chi connectivity index (χ3n) is 5.33. The van der Waals surface area contributed by atoms with Gasteiger partial charge in [0, 0.05) is 6.61 Å². The van der Waals surface area contributed by atoms with Crippen LogP contribution < -0.4 is 0 Å². The number of halogens is 1. The molecule has 0 unspecified atom stereocenters. The molecule has 0 bridgehead atoms. The van der Waals surface area contributed by atoms with Crippen molar-refractivity contribution in [3.05, 3.63) is 0 Å². The van der Waals surface area contributed by atoms with Gasteiger partial charge in [-0.15, -0.1) is 0 Å². The van der Waals surface area contributed by atoms with E-state index >= 15 is 0 Å². The lowest BCUT2D eigenvalue weighted by Crippen LogP contribution is -2.15. The average Bonchev–Trinajstić information content (AvgIpc) is 3.04. The Morgan fingerprint density at radius 2 is 0.409 bits per heavy atom. The number of ether oxygens (including phenoxy) is 13. The van der Waals surface area contributed by atoms with Crippen LogP contribution in [0.25, 0.3) is 0 Å². The van der Waals surface area contributed by atoms with E-state index in [0.29, 0.717) is 159 Å². The lowest BCUT2D eigenvalue weighted by Gasteiger charge is -2.09. The van der Waals surface area contributed by atoms with Crippen molar-refractivity contribution in [1.29, 1.82) is 0 Å². The molecule has 44 heavy (non-hydrogen) atoms. The smallest absolute Gasteiger partial charge is 0.113 e. The van der Waals surface area contributed by atoms with Crippen molar-refractivity contribution >= 4 is 0 Å². The first-order valence-electron chi connectivity index (χ1n) is 16.0. The summed E-state index contributed by atoms with van der Waals surface area (Å²) in [4.78, 5) is 0. The third-order valence-corrected chi connectivity index (χ3v) is 5.33. The average molecular weight is 649 g/mol. The second-order valence-corrected chi connectivity index (χ2v) is 9.00. The molecular formula is C30H61FO13. The molecule has 0 amide bonds. The Hall–Kier alpha value is -0.590. The van der Waals surface area contributed by atoms with E-state index in [1.807, 2.05) is 0 Å². The molecule has 0 aliphatic heterocycles. The fraction of sp³-hybridized carbons (Fsp3) is 1.00. The zero-order chi connectivity index (χ0) is 31.7. The first-order valence-corrected chi connectivity index (χ1v) is 16.0. The number of rotatable bonds is 41. The first kappa shape index (κ1) is 43.4. The Balaban J connectivity index is 3.03. The predicted octanol–water partition coefficient (Wildman–Crippen LogP) is 1.97. The Kier molecular flexibility index (Phi) is 41.8. The van der Waals surface area contributed by atoms with E-state index in [0.717, 1.165) is 19.4 Å². The summed E-state index contributed by atoms with van der Waals surface area (Å²) >= 11 is 0. The van der Waals surface area contributed by atoms with Crippen molar-refractivity contribution in [3.8, 4) is 0 Å². The van der Waals surface area contributed by atoms with Crippen LogP contribution in [0.5, 0.6) is 0 Å². The van der Waals surface area contributed by atoms with Gasteiger partial charge in [0.1, 0.15) is 6.67 Å². The second-order valence-electron chi connectivity index (χ2n) is 9.00. The summed E-state index contributed by atoms with van der Waals surface area (Å²) < 4.78 is 81.9. The molecule has 0 saturated heterocycles. The van der Waals surface area contributed by atoms with Gasteiger partial charge >= 0.3 is 0 Å². The fourth-order valence-electron chi connectivity index (χ4n) is 3.04. The maximum absolute atomic E-state index is 11.8. The number of unbranched alkanes of at least 4 members (excludes halogenated alkanes) is 1. The van der Waals surface area contributed by atoms with Crippen molar-refractivity contribution in [3.63, 3.8) is 0 Å². The van der Waals surface area contributed by atoms with Gasteiger partial charge in [0.15, 0.2) is 0 Å². The molecule has 13 nitrogen and oxygen atoms in total. The number of hydrogen-bond acceptors (Lipinski definition) is 13. The largest absolute Gasteiger partial charge is 0.379 e. The molecule has 0 aromatic heterocycles. The highest BCUT2D eigenvalue weighted by Gasteiger charge is 1.97. The molecule has 0 spiro atoms. The Labute approximate surface area is 264 Å². The van der Waals surface area contributed by atoms with Crippen molar-refractivity contribution in [2.75, 3.05) is 178 Å². The lowest BCUT2D eigenvalue weighted by molar-refractivity contribution is -0.0291. The minimum atomic E-state index is -0.474. The van der Waals surface area contributed by atoms with Gasteiger partial charge in [-0.05, 0) is 6.42 Å². The Morgan fingerprint density at radius 3 is 0.568 bits per heavy atom. The Bertz CT molecular complexity index is 456. The molecule has 0 saturated carbocycles. The fourth-order valence-corrected chi connectivity index (χ4v) is 3.04. The summed E-state index contributed by atoms with van der Waals surface area (Å²) in [5.74, 6) is 0. The van der Waals surface area contributed by atoms with Gasteiger partial charge in [-0.25, -0.2) is 4.39 Å². The van der Waals surface area contributed by atoms with E-state index in [1.54, 1.807) is 0 Å². The van der Waals surface area contributed by atoms with Crippen LogP contribution >= 0.6 is 0 Å². The van der Waals surface area contributed by atoms with Gasteiger partial charge < -0.3 is 61.6 Å². The molecule has 0 atom stereocenters. The van der Waals surface area contributed by atoms with E-state index in [2.05, 4.69) is 6.92 Å². The molecule has 0 fully saturated rings. The standard InChI is InChI=1S/C30H61FO13/c1-2-3-5-32-7-9-34-11-13-36-15-17-38-19-21-40-23-25-42-27-29-44-30-28-43-26-24-41-22-20-39-18-16-37-14-12-35-10-8-33-6-4-31/h2-30H2,1H3. The van der Waals surface area contributed by atoms with Gasteiger partial charge in [-0.2, -0.15) is 0 Å². The van der Waals surface area contributed by atoms with Crippen LogP contribution in [0.2, 0.25) is 0 Å². The van der Waals surface area contributed by atoms with E-state index in [9.17, 15) is 4.39 Å². The van der Waals surface area contributed by atoms with Crippen molar-refractivity contribution in [1.82, 2.24) is 0 Å². The van der Waals surface area contributed by atoms with Crippen LogP contribution in [0, 0.1) is 0 Å². The molecule has 266 valence electrons. The lowest BCUT2D eigenvalue weighted by atomic mass is 10.4. The zero-order valence-electron chi connectivity index (χ0n) is 27.2. The first-order chi connectivity index (χ1) is 21.9. The quantitative estimate of drug-likeness (QED) is 0.0900. The summed E-state index contributed by atoms with van der Waals surface area (Å²) in [5, 5.41) is 0. The summed E-state index contributed by atoms with van der Waals surface area (Å²) in [6.45, 7) is 14.8. The van der Waals surface area contributed by atoms with E-state index in [4.69, 9.17) is 61.6 Å². The normalized spacial score (nSPS) is 11.6. The maximum atomic E-state index is 11.8. The van der Waals surface area contributed by atoms with Gasteiger partial charge in [0.25, 0.3) is 0 Å². The maximum Gasteiger partial charge on any atom is 0.113 e. The highest BCUT2D eigenvalue weighted by molar-refractivity contribution is 4.40. The van der Waals surface area contributed by atoms with Gasteiger partial charge in [-0.3, -0.25) is 0 Å². The van der Waals surface area contributed by atoms with Crippen LogP contribution in [0.3, 0.4) is 0 Å². The molecule has 0 heterocycles. The summed E-state index contributed by atoms with van der Waals surface area (Å²) in [7, 11) is 0. The highest BCUT2D eigenvalue weighted by atomic mass is 19.1. The van der Waals surface area contributed by atoms with Crippen LogP contribution in [0.4, 0.5) is 4.39 Å². The minimum Gasteiger partial charge on any atom is -0.379 e. The number of hydrogen-bond donors (Lipinski definition) is 0. The van der Waals surface area contributed by atoms with Crippen LogP contribution in [-0.2, 0) is 61.6 Å². The zero-order valence-corrected chi connectivity index (χ0v) is 27.2. The minimum absolute atomic E-state index is 0.114. The van der Waals surface area contributed by atoms with E-state index in [1.165, 1.54) is 0 Å². The summed E-state index contributed by atoms with van der Waals surface area (Å²) in [6, 6.07) is 0. The molecule has 0 rings (SSSR count). The molecule has 0 aromatic carbocycles. The van der Waals surface area contributed by atoms with E-state index < -0.39 is 6.67 Å². The van der Waals surface area contributed by atoms with Crippen LogP contribution in [-0.4, -0.2) is 178 Å². The highest BCUT2D eigenvalue weighted by Crippen LogP contribution is 1.89. The molecule has 0 N–H and O–H groups in total. The Morgan fingerprint density at radius 1 is 0.250 bits per heavy atom. The monoisotopic (exact) mass is 648 g/mol. The van der Waals surface area contributed by atoms with Crippen molar-refractivity contribution in [2.45, 2.75) is 19.8 Å². The number of alkyl halides is 1. The molecule has 0 aliphatic rings. The van der Waals surface area contributed by atoms with Crippen molar-refractivity contribution in [2.24, 2.45) is 0 Å². The molecule has 0 aliphatic carbocycles. The summed E-state index contributed by atoms with van der Waals surface area (Å²) in [6.07, 6.45) is 2.24. The van der Waals surface area contributed by atoms with Gasteiger partial charge in [0.2, 0.25) is 0 Å². The van der Waals surface area contributed by atoms with Gasteiger partial charge in [0.05, 0.1) is 165 Å². The molecule has 0 radical (unpaired) electrons. The summed E-state index contributed by atoms with van der Waals surface area (Å²) in [5.41, 5.74) is 0. The van der Waals surface area contributed by atoms with Crippen LogP contribution in [0.15, 0.2) is 0 Å². The van der Waals surface area contributed by atoms with Crippen molar-refractivity contribution < 1.29 is 66.0 Å². The molecule has 14 heteroatoms. The molecular weight excluding hydrogens is 587 g/mol. The van der Waals surface area contributed by atoms with Crippen LogP contribution in [0.1, 0.15) is 19.8 Å². The predicted molar refractivity (Wildman–Crippen MR) is 162 cm³/mol. The second kappa shape index (κ2) is 42.4. The third kappa shape index (κ3) is 41.4. The SMILES string of the molecule is CCCCOCCOCCOCCOCCOCCOCCOCCOCCOCCOCCOCCOCCOCCF. The van der Waals surface area contributed by atoms with E-state index in [-0.39, 0.29) is 6.61 Å². The van der Waals surface area contributed by atoms with Gasteiger partial charge in [-0.1, -0.05) is 13.3 Å². The molecule has 0 aromatic rings.